The molecule has 4 nitrogen and oxygen atoms in total. The number of rotatable bonds is 4. The van der Waals surface area contributed by atoms with Gasteiger partial charge in [-0.15, -0.1) is 0 Å². The van der Waals surface area contributed by atoms with Gasteiger partial charge in [0.2, 0.25) is 0 Å². The van der Waals surface area contributed by atoms with Gasteiger partial charge in [0.25, 0.3) is 0 Å². The molecule has 0 aromatic carbocycles. The molecule has 1 aliphatic heterocycles. The number of fused-ring (bicyclic) bond motifs is 1. The Labute approximate surface area is 97.9 Å². The summed E-state index contributed by atoms with van der Waals surface area (Å²) in [4.78, 5) is 8.27. The molecule has 1 aromatic heterocycles. The van der Waals surface area contributed by atoms with E-state index < -0.39 is 0 Å². The molecule has 1 aromatic rings. The summed E-state index contributed by atoms with van der Waals surface area (Å²) in [6.07, 6.45) is 5.94. The molecule has 1 atom stereocenters. The Bertz CT molecular complexity index is 301. The summed E-state index contributed by atoms with van der Waals surface area (Å²) in [7, 11) is 1.99. The molecule has 0 spiro atoms. The molecule has 4 heteroatoms. The second-order valence-corrected chi connectivity index (χ2v) is 3.65. The van der Waals surface area contributed by atoms with Gasteiger partial charge in [-0.05, 0) is 26.4 Å². The molecule has 90 valence electrons. The first-order chi connectivity index (χ1) is 7.92. The van der Waals surface area contributed by atoms with Crippen molar-refractivity contribution in [2.24, 2.45) is 0 Å². The highest BCUT2D eigenvalue weighted by molar-refractivity contribution is 5.50. The van der Waals surface area contributed by atoms with Crippen LogP contribution in [0.3, 0.4) is 0 Å². The molecule has 2 rings (SSSR count). The Kier molecular flexibility index (Phi) is 5.78. The predicted octanol–water partition coefficient (Wildman–Crippen LogP) is 2.01. The van der Waals surface area contributed by atoms with E-state index in [9.17, 15) is 0 Å². The van der Waals surface area contributed by atoms with Gasteiger partial charge in [-0.3, -0.25) is 0 Å². The minimum Gasteiger partial charge on any atom is -0.369 e. The zero-order valence-electron chi connectivity index (χ0n) is 10.5. The maximum Gasteiger partial charge on any atom is 0.132 e. The number of hydrogen-bond donors (Lipinski definition) is 2. The van der Waals surface area contributed by atoms with Gasteiger partial charge in [-0.2, -0.15) is 0 Å². The van der Waals surface area contributed by atoms with Gasteiger partial charge in [-0.1, -0.05) is 13.8 Å². The Morgan fingerprint density at radius 1 is 1.50 bits per heavy atom. The smallest absolute Gasteiger partial charge is 0.132 e. The van der Waals surface area contributed by atoms with Crippen molar-refractivity contribution in [1.29, 1.82) is 0 Å². The van der Waals surface area contributed by atoms with Gasteiger partial charge in [0, 0.05) is 24.2 Å². The van der Waals surface area contributed by atoms with Gasteiger partial charge in [-0.25, -0.2) is 9.97 Å². The van der Waals surface area contributed by atoms with E-state index in [4.69, 9.17) is 0 Å². The van der Waals surface area contributed by atoms with Crippen molar-refractivity contribution in [2.45, 2.75) is 32.6 Å². The normalized spacial score (nSPS) is 17.1. The average Bonchev–Trinajstić information content (AvgIpc) is 2.76. The lowest BCUT2D eigenvalue weighted by molar-refractivity contribution is 0.605. The highest BCUT2D eigenvalue weighted by Gasteiger charge is 2.22. The standard InChI is InChI=1S/C10H16N4.C2H6/c1-11-4-2-3-8-5-13-10-9(8)6-12-7-14-10;1-2/h6-8,11H,2-5H2,1H3,(H,12,13,14);1-2H3. The number of anilines is 1. The van der Waals surface area contributed by atoms with Crippen LogP contribution in [-0.2, 0) is 0 Å². The number of nitrogens with one attached hydrogen (secondary N) is 2. The molecule has 2 N–H and O–H groups in total. The monoisotopic (exact) mass is 222 g/mol. The zero-order chi connectivity index (χ0) is 11.8. The van der Waals surface area contributed by atoms with Crippen LogP contribution >= 0.6 is 0 Å². The Hall–Kier alpha value is -1.16. The average molecular weight is 222 g/mol. The second kappa shape index (κ2) is 7.17. The summed E-state index contributed by atoms with van der Waals surface area (Å²) in [5, 5.41) is 6.47. The van der Waals surface area contributed by atoms with E-state index in [1.807, 2.05) is 27.1 Å². The van der Waals surface area contributed by atoms with E-state index in [-0.39, 0.29) is 0 Å². The minimum absolute atomic E-state index is 0.597. The maximum absolute atomic E-state index is 4.20. The molecular weight excluding hydrogens is 200 g/mol. The summed E-state index contributed by atoms with van der Waals surface area (Å²) >= 11 is 0. The van der Waals surface area contributed by atoms with Gasteiger partial charge < -0.3 is 10.6 Å². The van der Waals surface area contributed by atoms with Crippen LogP contribution in [0, 0.1) is 0 Å². The molecule has 0 bridgehead atoms. The lowest BCUT2D eigenvalue weighted by Crippen LogP contribution is -2.10. The fourth-order valence-electron chi connectivity index (χ4n) is 1.90. The van der Waals surface area contributed by atoms with Gasteiger partial charge in [0.15, 0.2) is 0 Å². The van der Waals surface area contributed by atoms with E-state index in [0.29, 0.717) is 5.92 Å². The molecule has 16 heavy (non-hydrogen) atoms. The molecule has 0 saturated heterocycles. The topological polar surface area (TPSA) is 49.8 Å². The first kappa shape index (κ1) is 12.9. The summed E-state index contributed by atoms with van der Waals surface area (Å²) < 4.78 is 0. The summed E-state index contributed by atoms with van der Waals surface area (Å²) in [5.41, 5.74) is 1.28. The fraction of sp³-hybridized carbons (Fsp3) is 0.667. The third-order valence-corrected chi connectivity index (χ3v) is 2.68. The quantitative estimate of drug-likeness (QED) is 0.765. The second-order valence-electron chi connectivity index (χ2n) is 3.65. The van der Waals surface area contributed by atoms with Crippen LogP contribution in [0.15, 0.2) is 12.5 Å². The molecule has 0 fully saturated rings. The van der Waals surface area contributed by atoms with Crippen molar-refractivity contribution in [3.63, 3.8) is 0 Å². The maximum atomic E-state index is 4.20. The van der Waals surface area contributed by atoms with Crippen LogP contribution in [-0.4, -0.2) is 30.1 Å². The Morgan fingerprint density at radius 2 is 2.31 bits per heavy atom. The van der Waals surface area contributed by atoms with Crippen molar-refractivity contribution in [3.8, 4) is 0 Å². The molecule has 1 aliphatic rings. The van der Waals surface area contributed by atoms with E-state index in [1.165, 1.54) is 18.4 Å². The Balaban J connectivity index is 0.000000606. The fourth-order valence-corrected chi connectivity index (χ4v) is 1.90. The molecular formula is C12H22N4. The third kappa shape index (κ3) is 3.17. The summed E-state index contributed by atoms with van der Waals surface area (Å²) in [6, 6.07) is 0. The molecule has 0 saturated carbocycles. The van der Waals surface area contributed by atoms with Crippen LogP contribution in [0.2, 0.25) is 0 Å². The van der Waals surface area contributed by atoms with Crippen molar-refractivity contribution in [3.05, 3.63) is 18.1 Å². The number of nitrogens with zero attached hydrogens (tertiary/aromatic N) is 2. The largest absolute Gasteiger partial charge is 0.369 e. The van der Waals surface area contributed by atoms with Crippen LogP contribution in [0.1, 0.15) is 38.2 Å². The molecule has 0 radical (unpaired) electrons. The van der Waals surface area contributed by atoms with Crippen LogP contribution in [0.25, 0.3) is 0 Å². The highest BCUT2D eigenvalue weighted by Crippen LogP contribution is 2.31. The summed E-state index contributed by atoms with van der Waals surface area (Å²) in [6.45, 7) is 6.09. The zero-order valence-corrected chi connectivity index (χ0v) is 10.5. The van der Waals surface area contributed by atoms with Gasteiger partial charge in [0.1, 0.15) is 12.1 Å². The minimum atomic E-state index is 0.597. The first-order valence-corrected chi connectivity index (χ1v) is 6.10. The van der Waals surface area contributed by atoms with Gasteiger partial charge in [0.05, 0.1) is 0 Å². The van der Waals surface area contributed by atoms with Crippen molar-refractivity contribution < 1.29 is 0 Å². The molecule has 0 amide bonds. The van der Waals surface area contributed by atoms with E-state index in [1.54, 1.807) is 6.33 Å². The number of aromatic nitrogens is 2. The van der Waals surface area contributed by atoms with E-state index >= 15 is 0 Å². The third-order valence-electron chi connectivity index (χ3n) is 2.68. The highest BCUT2D eigenvalue weighted by atomic mass is 15.0. The predicted molar refractivity (Wildman–Crippen MR) is 67.8 cm³/mol. The van der Waals surface area contributed by atoms with Crippen LogP contribution in [0.5, 0.6) is 0 Å². The lowest BCUT2D eigenvalue weighted by Gasteiger charge is -2.08. The van der Waals surface area contributed by atoms with Crippen LogP contribution in [0.4, 0.5) is 5.82 Å². The van der Waals surface area contributed by atoms with Crippen molar-refractivity contribution >= 4 is 5.82 Å². The molecule has 2 heterocycles. The molecule has 0 aliphatic carbocycles. The van der Waals surface area contributed by atoms with E-state index in [0.717, 1.165) is 18.9 Å². The Morgan fingerprint density at radius 3 is 3.06 bits per heavy atom. The number of hydrogen-bond acceptors (Lipinski definition) is 4. The molecule has 1 unspecified atom stereocenters. The lowest BCUT2D eigenvalue weighted by atomic mass is 9.99. The van der Waals surface area contributed by atoms with Crippen molar-refractivity contribution in [2.75, 3.05) is 25.5 Å². The van der Waals surface area contributed by atoms with Crippen molar-refractivity contribution in [1.82, 2.24) is 15.3 Å². The van der Waals surface area contributed by atoms with Crippen LogP contribution < -0.4 is 10.6 Å². The SMILES string of the molecule is CC.CNCCCC1CNc2ncncc21. The summed E-state index contributed by atoms with van der Waals surface area (Å²) in [5.74, 6) is 1.62. The first-order valence-electron chi connectivity index (χ1n) is 6.10. The van der Waals surface area contributed by atoms with E-state index in [2.05, 4.69) is 20.6 Å². The van der Waals surface area contributed by atoms with Gasteiger partial charge >= 0.3 is 0 Å².